The van der Waals surface area contributed by atoms with Crippen LogP contribution in [0.25, 0.3) is 5.70 Å². The molecular weight excluding hydrogens is 289 g/mol. The minimum Gasteiger partial charge on any atom is -0.335 e. The van der Waals surface area contributed by atoms with Crippen molar-refractivity contribution in [1.82, 2.24) is 9.55 Å². The maximum Gasteiger partial charge on any atom is 0.258 e. The van der Waals surface area contributed by atoms with Crippen LogP contribution in [0.5, 0.6) is 0 Å². The number of aromatic amines is 1. The van der Waals surface area contributed by atoms with Crippen LogP contribution < -0.4 is 5.56 Å². The summed E-state index contributed by atoms with van der Waals surface area (Å²) in [5.74, 6) is -0.580. The van der Waals surface area contributed by atoms with Gasteiger partial charge < -0.3 is 4.98 Å². The zero-order chi connectivity index (χ0) is 15.6. The van der Waals surface area contributed by atoms with Gasteiger partial charge in [-0.25, -0.2) is 4.39 Å². The molecule has 106 valence electrons. The van der Waals surface area contributed by atoms with Gasteiger partial charge in [0.25, 0.3) is 5.56 Å². The summed E-state index contributed by atoms with van der Waals surface area (Å²) >= 11 is 5.10. The highest BCUT2D eigenvalue weighted by Gasteiger charge is 2.10. The smallest absolute Gasteiger partial charge is 0.258 e. The van der Waals surface area contributed by atoms with Gasteiger partial charge in [0.05, 0.1) is 5.56 Å². The number of H-pyrrole nitrogens is 1. The fourth-order valence-corrected chi connectivity index (χ4v) is 2.38. The summed E-state index contributed by atoms with van der Waals surface area (Å²) in [4.78, 5) is 14.8. The van der Waals surface area contributed by atoms with Crippen LogP contribution in [-0.2, 0) is 6.42 Å². The summed E-state index contributed by atoms with van der Waals surface area (Å²) in [6.45, 7) is 5.35. The first-order valence-corrected chi connectivity index (χ1v) is 6.53. The van der Waals surface area contributed by atoms with Gasteiger partial charge in [-0.15, -0.1) is 0 Å². The monoisotopic (exact) mass is 301 g/mol. The molecule has 0 radical (unpaired) electrons. The summed E-state index contributed by atoms with van der Waals surface area (Å²) in [6, 6.07) is 7.70. The van der Waals surface area contributed by atoms with Crippen molar-refractivity contribution < 1.29 is 4.39 Å². The highest BCUT2D eigenvalue weighted by atomic mass is 32.1. The van der Waals surface area contributed by atoms with Crippen LogP contribution in [0.1, 0.15) is 23.7 Å². The molecule has 0 fully saturated rings. The van der Waals surface area contributed by atoms with Crippen LogP contribution in [-0.4, -0.2) is 9.55 Å². The number of nitriles is 1. The normalized spacial score (nSPS) is 10.1. The van der Waals surface area contributed by atoms with E-state index in [4.69, 9.17) is 17.5 Å². The van der Waals surface area contributed by atoms with E-state index in [1.807, 2.05) is 0 Å². The van der Waals surface area contributed by atoms with E-state index in [1.165, 1.54) is 16.7 Å². The lowest BCUT2D eigenvalue weighted by Gasteiger charge is -2.08. The third-order valence-electron chi connectivity index (χ3n) is 2.95. The third-order valence-corrected chi connectivity index (χ3v) is 3.24. The Kier molecular flexibility index (Phi) is 4.15. The Hall–Kier alpha value is -2.52. The van der Waals surface area contributed by atoms with Crippen molar-refractivity contribution in [2.75, 3.05) is 0 Å². The zero-order valence-corrected chi connectivity index (χ0v) is 12.1. The maximum atomic E-state index is 14.0. The lowest BCUT2D eigenvalue weighted by atomic mass is 10.1. The first-order valence-electron chi connectivity index (χ1n) is 6.12. The molecule has 0 atom stereocenters. The minimum atomic E-state index is -0.580. The highest BCUT2D eigenvalue weighted by molar-refractivity contribution is 7.71. The van der Waals surface area contributed by atoms with E-state index in [2.05, 4.69) is 11.6 Å². The number of halogens is 1. The van der Waals surface area contributed by atoms with Crippen LogP contribution in [0.4, 0.5) is 4.39 Å². The molecule has 1 N–H and O–H groups in total. The van der Waals surface area contributed by atoms with Crippen molar-refractivity contribution >= 4 is 17.9 Å². The van der Waals surface area contributed by atoms with Crippen molar-refractivity contribution in [3.8, 4) is 6.07 Å². The van der Waals surface area contributed by atoms with Crippen molar-refractivity contribution in [2.45, 2.75) is 13.3 Å². The van der Waals surface area contributed by atoms with Gasteiger partial charge in [-0.2, -0.15) is 5.26 Å². The van der Waals surface area contributed by atoms with Gasteiger partial charge in [0.15, 0.2) is 4.77 Å². The molecule has 0 unspecified atom stereocenters. The molecule has 0 spiro atoms. The molecule has 0 aliphatic rings. The third kappa shape index (κ3) is 2.98. The number of aromatic nitrogens is 2. The van der Waals surface area contributed by atoms with E-state index in [9.17, 15) is 9.18 Å². The van der Waals surface area contributed by atoms with E-state index in [1.54, 1.807) is 25.1 Å². The predicted molar refractivity (Wildman–Crippen MR) is 80.8 cm³/mol. The molecule has 0 saturated heterocycles. The highest BCUT2D eigenvalue weighted by Crippen LogP contribution is 2.15. The first-order chi connectivity index (χ1) is 9.93. The van der Waals surface area contributed by atoms with Gasteiger partial charge in [-0.1, -0.05) is 18.7 Å². The first kappa shape index (κ1) is 14.9. The van der Waals surface area contributed by atoms with Crippen molar-refractivity contribution in [3.05, 3.63) is 68.6 Å². The SMILES string of the molecule is C=C(C)n1c(=O)cc(Cc2cccc(C#N)c2F)[nH]c1=S. The van der Waals surface area contributed by atoms with Gasteiger partial charge in [0, 0.05) is 23.9 Å². The quantitative estimate of drug-likeness (QED) is 0.887. The standard InChI is InChI=1S/C15H12FN3OS/c1-9(2)19-13(20)7-12(18-15(19)21)6-10-4-3-5-11(8-17)14(10)16/h3-5,7H,1,6H2,2H3,(H,18,21). The Labute approximate surface area is 125 Å². The molecule has 0 saturated carbocycles. The Morgan fingerprint density at radius 3 is 2.86 bits per heavy atom. The second-order valence-corrected chi connectivity index (χ2v) is 4.96. The Bertz CT molecular complexity index is 842. The van der Waals surface area contributed by atoms with Gasteiger partial charge >= 0.3 is 0 Å². The predicted octanol–water partition coefficient (Wildman–Crippen LogP) is 3.00. The van der Waals surface area contributed by atoms with Crippen LogP contribution in [0.3, 0.4) is 0 Å². The van der Waals surface area contributed by atoms with E-state index < -0.39 is 5.82 Å². The van der Waals surface area contributed by atoms with Crippen molar-refractivity contribution in [1.29, 1.82) is 5.26 Å². The number of allylic oxidation sites excluding steroid dienone is 1. The lowest BCUT2D eigenvalue weighted by Crippen LogP contribution is -2.20. The molecule has 1 aromatic carbocycles. The van der Waals surface area contributed by atoms with Crippen LogP contribution in [0.2, 0.25) is 0 Å². The Morgan fingerprint density at radius 1 is 1.57 bits per heavy atom. The molecule has 2 aromatic rings. The molecule has 4 nitrogen and oxygen atoms in total. The summed E-state index contributed by atoms with van der Waals surface area (Å²) < 4.78 is 15.5. The van der Waals surface area contributed by atoms with E-state index in [-0.39, 0.29) is 22.3 Å². The number of rotatable bonds is 3. The number of nitrogens with one attached hydrogen (secondary N) is 1. The van der Waals surface area contributed by atoms with Gasteiger partial charge in [-0.3, -0.25) is 9.36 Å². The molecule has 6 heteroatoms. The number of benzene rings is 1. The molecule has 0 aliphatic carbocycles. The molecule has 0 amide bonds. The van der Waals surface area contributed by atoms with Gasteiger partial charge in [-0.05, 0) is 30.8 Å². The van der Waals surface area contributed by atoms with Crippen LogP contribution in [0, 0.1) is 21.9 Å². The minimum absolute atomic E-state index is 0.0265. The van der Waals surface area contributed by atoms with E-state index in [0.29, 0.717) is 17.0 Å². The Morgan fingerprint density at radius 2 is 2.29 bits per heavy atom. The van der Waals surface area contributed by atoms with Crippen LogP contribution >= 0.6 is 12.2 Å². The van der Waals surface area contributed by atoms with Crippen LogP contribution in [0.15, 0.2) is 35.6 Å². The maximum absolute atomic E-state index is 14.0. The number of hydrogen-bond acceptors (Lipinski definition) is 3. The molecule has 1 heterocycles. The molecule has 0 bridgehead atoms. The summed E-state index contributed by atoms with van der Waals surface area (Å²) in [7, 11) is 0. The van der Waals surface area contributed by atoms with E-state index >= 15 is 0 Å². The fraction of sp³-hybridized carbons (Fsp3) is 0.133. The molecule has 2 rings (SSSR count). The average molecular weight is 301 g/mol. The van der Waals surface area contributed by atoms with Crippen molar-refractivity contribution in [2.24, 2.45) is 0 Å². The number of hydrogen-bond donors (Lipinski definition) is 1. The van der Waals surface area contributed by atoms with Gasteiger partial charge in [0.2, 0.25) is 0 Å². The van der Waals surface area contributed by atoms with E-state index in [0.717, 1.165) is 0 Å². The molecule has 21 heavy (non-hydrogen) atoms. The summed E-state index contributed by atoms with van der Waals surface area (Å²) in [5.41, 5.74) is 0.966. The molecular formula is C15H12FN3OS. The second-order valence-electron chi connectivity index (χ2n) is 4.58. The number of nitrogens with zero attached hydrogens (tertiary/aromatic N) is 2. The molecule has 1 aromatic heterocycles. The average Bonchev–Trinajstić information content (AvgIpc) is 2.40. The summed E-state index contributed by atoms with van der Waals surface area (Å²) in [5, 5.41) is 8.82. The van der Waals surface area contributed by atoms with Crippen molar-refractivity contribution in [3.63, 3.8) is 0 Å². The Balaban J connectivity index is 2.47. The van der Waals surface area contributed by atoms with Gasteiger partial charge in [0.1, 0.15) is 11.9 Å². The largest absolute Gasteiger partial charge is 0.335 e. The zero-order valence-electron chi connectivity index (χ0n) is 11.3. The summed E-state index contributed by atoms with van der Waals surface area (Å²) in [6.07, 6.45) is 0.150. The second kappa shape index (κ2) is 5.85. The molecule has 0 aliphatic heterocycles. The topological polar surface area (TPSA) is 61.6 Å². The fourth-order valence-electron chi connectivity index (χ4n) is 2.01. The lowest BCUT2D eigenvalue weighted by molar-refractivity contribution is 0.609.